The number of carbonyl (C=O) groups excluding carboxylic acids is 1. The molecule has 0 bridgehead atoms. The summed E-state index contributed by atoms with van der Waals surface area (Å²) >= 11 is 1.66. The molecule has 2 heterocycles. The first-order chi connectivity index (χ1) is 12.0. The fraction of sp³-hybridized carbons (Fsp3) is 0.722. The van der Waals surface area contributed by atoms with Gasteiger partial charge in [-0.05, 0) is 32.6 Å². The number of thiazole rings is 1. The van der Waals surface area contributed by atoms with Crippen LogP contribution >= 0.6 is 11.3 Å². The largest absolute Gasteiger partial charge is 0.357 e. The van der Waals surface area contributed by atoms with Crippen LogP contribution < -0.4 is 5.32 Å². The molecular formula is C18H31N5OS. The zero-order valence-corrected chi connectivity index (χ0v) is 16.7. The van der Waals surface area contributed by atoms with Crippen molar-refractivity contribution in [1.29, 1.82) is 0 Å². The highest BCUT2D eigenvalue weighted by Gasteiger charge is 2.20. The maximum Gasteiger partial charge on any atom is 0.224 e. The van der Waals surface area contributed by atoms with Gasteiger partial charge in [-0.15, -0.1) is 11.3 Å². The maximum absolute atomic E-state index is 12.4. The van der Waals surface area contributed by atoms with Crippen LogP contribution in [-0.2, 0) is 11.3 Å². The quantitative estimate of drug-likeness (QED) is 0.621. The van der Waals surface area contributed by atoms with Gasteiger partial charge in [0.25, 0.3) is 0 Å². The van der Waals surface area contributed by atoms with Gasteiger partial charge in [0.1, 0.15) is 0 Å². The van der Waals surface area contributed by atoms with Crippen molar-refractivity contribution in [2.45, 2.75) is 46.6 Å². The summed E-state index contributed by atoms with van der Waals surface area (Å²) in [5.74, 6) is 1.67. The molecule has 0 spiro atoms. The number of carbonyl (C=O) groups is 1. The van der Waals surface area contributed by atoms with E-state index in [1.54, 1.807) is 11.3 Å². The van der Waals surface area contributed by atoms with Crippen LogP contribution in [0.15, 0.2) is 10.4 Å². The van der Waals surface area contributed by atoms with Gasteiger partial charge in [-0.1, -0.05) is 6.92 Å². The first-order valence-corrected chi connectivity index (χ1v) is 10.1. The van der Waals surface area contributed by atoms with Crippen LogP contribution in [0, 0.1) is 12.8 Å². The van der Waals surface area contributed by atoms with E-state index in [4.69, 9.17) is 0 Å². The van der Waals surface area contributed by atoms with Crippen LogP contribution in [0.25, 0.3) is 0 Å². The minimum absolute atomic E-state index is 0.226. The summed E-state index contributed by atoms with van der Waals surface area (Å²) in [5.41, 5.74) is 1.05. The summed E-state index contributed by atoms with van der Waals surface area (Å²) in [4.78, 5) is 25.6. The standard InChI is InChI=1S/C18H31N5OS/c1-5-19-18(22(4)12-16-13-25-15(3)21-16)20-9-8-17(24)23-10-6-7-14(2)11-23/h13-14H,5-12H2,1-4H3,(H,19,20). The number of guanidine groups is 1. The van der Waals surface area contributed by atoms with Crippen molar-refractivity contribution in [2.24, 2.45) is 10.9 Å². The monoisotopic (exact) mass is 365 g/mol. The van der Waals surface area contributed by atoms with Crippen LogP contribution in [0.3, 0.4) is 0 Å². The number of aryl methyl sites for hydroxylation is 1. The Morgan fingerprint density at radius 2 is 2.36 bits per heavy atom. The van der Waals surface area contributed by atoms with Gasteiger partial charge in [-0.2, -0.15) is 0 Å². The zero-order valence-electron chi connectivity index (χ0n) is 15.9. The molecule has 1 aliphatic rings. The number of aliphatic imine (C=N–C) groups is 1. The first kappa shape index (κ1) is 19.7. The molecule has 1 aliphatic heterocycles. The summed E-state index contributed by atoms with van der Waals surface area (Å²) in [7, 11) is 2.00. The Hall–Kier alpha value is -1.63. The van der Waals surface area contributed by atoms with Gasteiger partial charge < -0.3 is 15.1 Å². The molecule has 0 radical (unpaired) electrons. The van der Waals surface area contributed by atoms with E-state index in [0.717, 1.165) is 42.7 Å². The molecule has 1 saturated heterocycles. The van der Waals surface area contributed by atoms with Gasteiger partial charge in [-0.3, -0.25) is 9.79 Å². The lowest BCUT2D eigenvalue weighted by Crippen LogP contribution is -2.40. The third kappa shape index (κ3) is 6.30. The van der Waals surface area contributed by atoms with E-state index in [1.807, 2.05) is 18.9 Å². The van der Waals surface area contributed by atoms with Crippen molar-refractivity contribution in [3.05, 3.63) is 16.1 Å². The number of piperidine rings is 1. The Balaban J connectivity index is 1.86. The highest BCUT2D eigenvalue weighted by molar-refractivity contribution is 7.09. The lowest BCUT2D eigenvalue weighted by molar-refractivity contribution is -0.132. The Morgan fingerprint density at radius 3 is 3.00 bits per heavy atom. The van der Waals surface area contributed by atoms with Crippen LogP contribution in [0.1, 0.15) is 43.8 Å². The van der Waals surface area contributed by atoms with Crippen LogP contribution in [0.4, 0.5) is 0 Å². The number of rotatable bonds is 6. The molecule has 25 heavy (non-hydrogen) atoms. The molecule has 0 saturated carbocycles. The smallest absolute Gasteiger partial charge is 0.224 e. The third-order valence-corrected chi connectivity index (χ3v) is 5.18. The van der Waals surface area contributed by atoms with Crippen LogP contribution in [0.2, 0.25) is 0 Å². The number of hydrogen-bond donors (Lipinski definition) is 1. The number of nitrogens with one attached hydrogen (secondary N) is 1. The van der Waals surface area contributed by atoms with Crippen molar-refractivity contribution in [2.75, 3.05) is 33.2 Å². The summed E-state index contributed by atoms with van der Waals surface area (Å²) in [6.45, 7) is 10.1. The fourth-order valence-corrected chi connectivity index (χ4v) is 3.70. The minimum Gasteiger partial charge on any atom is -0.357 e. The minimum atomic E-state index is 0.226. The molecule has 1 fully saturated rings. The zero-order chi connectivity index (χ0) is 18.2. The van der Waals surface area contributed by atoms with Crippen LogP contribution in [-0.4, -0.2) is 59.9 Å². The SMILES string of the molecule is CCNC(=NCCC(=O)N1CCCC(C)C1)N(C)Cc1csc(C)n1. The molecule has 1 unspecified atom stereocenters. The molecule has 1 amide bonds. The van der Waals surface area contributed by atoms with E-state index in [1.165, 1.54) is 6.42 Å². The Labute approximate surface area is 155 Å². The predicted molar refractivity (Wildman–Crippen MR) is 104 cm³/mol. The number of nitrogens with zero attached hydrogens (tertiary/aromatic N) is 4. The van der Waals surface area contributed by atoms with Crippen molar-refractivity contribution >= 4 is 23.2 Å². The number of amides is 1. The molecule has 1 aromatic rings. The van der Waals surface area contributed by atoms with E-state index in [2.05, 4.69) is 39.4 Å². The molecular weight excluding hydrogens is 334 g/mol. The van der Waals surface area contributed by atoms with E-state index in [-0.39, 0.29) is 5.91 Å². The number of aromatic nitrogens is 1. The second-order valence-corrected chi connectivity index (χ2v) is 7.85. The van der Waals surface area contributed by atoms with Gasteiger partial charge in [-0.25, -0.2) is 4.98 Å². The van der Waals surface area contributed by atoms with Crippen molar-refractivity contribution in [1.82, 2.24) is 20.1 Å². The summed E-state index contributed by atoms with van der Waals surface area (Å²) < 4.78 is 0. The highest BCUT2D eigenvalue weighted by atomic mass is 32.1. The second kappa shape index (κ2) is 9.75. The van der Waals surface area contributed by atoms with E-state index < -0.39 is 0 Å². The third-order valence-electron chi connectivity index (χ3n) is 4.36. The van der Waals surface area contributed by atoms with Gasteiger partial charge >= 0.3 is 0 Å². The lowest BCUT2D eigenvalue weighted by atomic mass is 10.00. The fourth-order valence-electron chi connectivity index (χ4n) is 3.10. The normalized spacial score (nSPS) is 18.3. The summed E-state index contributed by atoms with van der Waals surface area (Å²) in [5, 5.41) is 6.45. The Bertz CT molecular complexity index is 586. The second-order valence-electron chi connectivity index (χ2n) is 6.79. The van der Waals surface area contributed by atoms with E-state index >= 15 is 0 Å². The summed E-state index contributed by atoms with van der Waals surface area (Å²) in [6.07, 6.45) is 2.83. The van der Waals surface area contributed by atoms with Gasteiger partial charge in [0.2, 0.25) is 5.91 Å². The molecule has 7 heteroatoms. The van der Waals surface area contributed by atoms with Crippen molar-refractivity contribution < 1.29 is 4.79 Å². The van der Waals surface area contributed by atoms with Crippen molar-refractivity contribution in [3.63, 3.8) is 0 Å². The molecule has 1 atom stereocenters. The van der Waals surface area contributed by atoms with Gasteiger partial charge in [0.05, 0.1) is 23.8 Å². The van der Waals surface area contributed by atoms with Gasteiger partial charge in [0, 0.05) is 38.5 Å². The molecule has 2 rings (SSSR count). The predicted octanol–water partition coefficient (Wildman–Crippen LogP) is 2.50. The highest BCUT2D eigenvalue weighted by Crippen LogP contribution is 2.16. The van der Waals surface area contributed by atoms with E-state index in [9.17, 15) is 4.79 Å². The number of likely N-dealkylation sites (tertiary alicyclic amines) is 1. The molecule has 0 aromatic carbocycles. The van der Waals surface area contributed by atoms with E-state index in [0.29, 0.717) is 25.4 Å². The average Bonchev–Trinajstić information content (AvgIpc) is 2.98. The topological polar surface area (TPSA) is 60.8 Å². The Morgan fingerprint density at radius 1 is 1.56 bits per heavy atom. The van der Waals surface area contributed by atoms with Crippen LogP contribution in [0.5, 0.6) is 0 Å². The van der Waals surface area contributed by atoms with Gasteiger partial charge in [0.15, 0.2) is 5.96 Å². The molecule has 6 nitrogen and oxygen atoms in total. The molecule has 140 valence electrons. The molecule has 1 aromatic heterocycles. The first-order valence-electron chi connectivity index (χ1n) is 9.17. The maximum atomic E-state index is 12.4. The average molecular weight is 366 g/mol. The van der Waals surface area contributed by atoms with Crippen molar-refractivity contribution in [3.8, 4) is 0 Å². The molecule has 1 N–H and O–H groups in total. The molecule has 0 aliphatic carbocycles. The Kier molecular flexibility index (Phi) is 7.68. The lowest BCUT2D eigenvalue weighted by Gasteiger charge is -2.31. The number of hydrogen-bond acceptors (Lipinski definition) is 4. The summed E-state index contributed by atoms with van der Waals surface area (Å²) in [6, 6.07) is 0.